The van der Waals surface area contributed by atoms with E-state index in [0.29, 0.717) is 0 Å². The molecule has 0 unspecified atom stereocenters. The summed E-state index contributed by atoms with van der Waals surface area (Å²) in [7, 11) is 0. The van der Waals surface area contributed by atoms with Crippen molar-refractivity contribution in [3.05, 3.63) is 50.6 Å². The number of anilines is 1. The van der Waals surface area contributed by atoms with E-state index in [9.17, 15) is 4.79 Å². The lowest BCUT2D eigenvalue weighted by Gasteiger charge is -2.36. The smallest absolute Gasteiger partial charge is 0.264 e. The molecule has 1 saturated heterocycles. The summed E-state index contributed by atoms with van der Waals surface area (Å²) in [5.74, 6) is 0.148. The number of halogens is 1. The Labute approximate surface area is 137 Å². The first-order valence-electron chi connectivity index (χ1n) is 7.00. The maximum Gasteiger partial charge on any atom is 0.264 e. The van der Waals surface area contributed by atoms with Crippen molar-refractivity contribution >= 4 is 38.9 Å². The average Bonchev–Trinajstić information content (AvgIpc) is 2.94. The summed E-state index contributed by atoms with van der Waals surface area (Å²) in [4.78, 5) is 17.5. The number of benzene rings is 1. The van der Waals surface area contributed by atoms with Gasteiger partial charge in [-0.2, -0.15) is 0 Å². The van der Waals surface area contributed by atoms with Crippen molar-refractivity contribution in [3.8, 4) is 0 Å². The molecule has 21 heavy (non-hydrogen) atoms. The van der Waals surface area contributed by atoms with Gasteiger partial charge in [-0.25, -0.2) is 0 Å². The van der Waals surface area contributed by atoms with E-state index in [1.807, 2.05) is 17.0 Å². The number of carbonyl (C=O) groups is 1. The van der Waals surface area contributed by atoms with Gasteiger partial charge in [-0.3, -0.25) is 4.79 Å². The molecule has 110 valence electrons. The van der Waals surface area contributed by atoms with Gasteiger partial charge in [-0.15, -0.1) is 11.3 Å². The van der Waals surface area contributed by atoms with Gasteiger partial charge in [0.2, 0.25) is 0 Å². The van der Waals surface area contributed by atoms with Crippen LogP contribution in [0.1, 0.15) is 15.2 Å². The quantitative estimate of drug-likeness (QED) is 0.809. The first-order valence-corrected chi connectivity index (χ1v) is 8.61. The second-order valence-corrected chi connectivity index (χ2v) is 7.63. The molecular weight excluding hydrogens is 348 g/mol. The van der Waals surface area contributed by atoms with E-state index in [4.69, 9.17) is 0 Å². The minimum atomic E-state index is 0.148. The molecule has 5 heteroatoms. The number of rotatable bonds is 2. The van der Waals surface area contributed by atoms with E-state index < -0.39 is 0 Å². The van der Waals surface area contributed by atoms with Crippen LogP contribution < -0.4 is 4.90 Å². The lowest BCUT2D eigenvalue weighted by Crippen LogP contribution is -2.48. The number of hydrogen-bond donors (Lipinski definition) is 0. The molecule has 0 aliphatic carbocycles. The topological polar surface area (TPSA) is 23.6 Å². The molecule has 2 aromatic rings. The number of aryl methyl sites for hydroxylation is 1. The van der Waals surface area contributed by atoms with Crippen LogP contribution in [-0.2, 0) is 0 Å². The second kappa shape index (κ2) is 6.20. The fraction of sp³-hybridized carbons (Fsp3) is 0.312. The summed E-state index contributed by atoms with van der Waals surface area (Å²) in [6.07, 6.45) is 0. The van der Waals surface area contributed by atoms with E-state index in [0.717, 1.165) is 34.8 Å². The third-order valence-corrected chi connectivity index (χ3v) is 5.42. The average molecular weight is 365 g/mol. The number of thiophene rings is 1. The Bertz CT molecular complexity index is 647. The van der Waals surface area contributed by atoms with Gasteiger partial charge >= 0.3 is 0 Å². The van der Waals surface area contributed by atoms with Crippen LogP contribution in [0.5, 0.6) is 0 Å². The number of para-hydroxylation sites is 1. The molecule has 0 bridgehead atoms. The molecule has 3 nitrogen and oxygen atoms in total. The fourth-order valence-electron chi connectivity index (χ4n) is 2.65. The normalized spacial score (nSPS) is 15.3. The highest BCUT2D eigenvalue weighted by Gasteiger charge is 2.23. The van der Waals surface area contributed by atoms with Crippen molar-refractivity contribution in [1.82, 2.24) is 4.90 Å². The van der Waals surface area contributed by atoms with Crippen molar-refractivity contribution in [2.24, 2.45) is 0 Å². The molecule has 0 atom stereocenters. The molecule has 2 heterocycles. The van der Waals surface area contributed by atoms with Crippen LogP contribution in [0.25, 0.3) is 0 Å². The van der Waals surface area contributed by atoms with E-state index >= 15 is 0 Å². The van der Waals surface area contributed by atoms with E-state index in [-0.39, 0.29) is 5.91 Å². The lowest BCUT2D eigenvalue weighted by atomic mass is 10.1. The number of nitrogens with zero attached hydrogens (tertiary/aromatic N) is 2. The highest BCUT2D eigenvalue weighted by Crippen LogP contribution is 2.25. The van der Waals surface area contributed by atoms with Gasteiger partial charge in [0.1, 0.15) is 0 Å². The van der Waals surface area contributed by atoms with Gasteiger partial charge in [0, 0.05) is 31.9 Å². The minimum absolute atomic E-state index is 0.148. The predicted molar refractivity (Wildman–Crippen MR) is 91.3 cm³/mol. The first kappa shape index (κ1) is 14.6. The molecule has 1 fully saturated rings. The highest BCUT2D eigenvalue weighted by atomic mass is 79.9. The third-order valence-electron chi connectivity index (χ3n) is 3.81. The van der Waals surface area contributed by atoms with Crippen LogP contribution in [0.15, 0.2) is 40.2 Å². The Morgan fingerprint density at radius 2 is 1.81 bits per heavy atom. The van der Waals surface area contributed by atoms with Crippen LogP contribution in [0.3, 0.4) is 0 Å². The van der Waals surface area contributed by atoms with Crippen LogP contribution >= 0.6 is 27.3 Å². The Hall–Kier alpha value is -1.33. The zero-order chi connectivity index (χ0) is 14.8. The third kappa shape index (κ3) is 3.14. The summed E-state index contributed by atoms with van der Waals surface area (Å²) >= 11 is 4.91. The maximum absolute atomic E-state index is 12.4. The van der Waals surface area contributed by atoms with Crippen LogP contribution in [-0.4, -0.2) is 37.0 Å². The van der Waals surface area contributed by atoms with Gasteiger partial charge in [0.25, 0.3) is 5.91 Å². The number of piperazine rings is 1. The van der Waals surface area contributed by atoms with Gasteiger partial charge < -0.3 is 9.80 Å². The van der Waals surface area contributed by atoms with Crippen molar-refractivity contribution in [2.45, 2.75) is 6.92 Å². The largest absolute Gasteiger partial charge is 0.368 e. The standard InChI is InChI=1S/C16H17BrN2OS/c1-12-4-2-3-5-13(12)18-8-10-19(11-9-18)16(20)14-6-7-15(17)21-14/h2-7H,8-11H2,1H3. The van der Waals surface area contributed by atoms with E-state index in [2.05, 4.69) is 52.0 Å². The molecule has 3 rings (SSSR count). The molecule has 1 aromatic heterocycles. The molecule has 1 aliphatic heterocycles. The fourth-order valence-corrected chi connectivity index (χ4v) is 4.01. The Morgan fingerprint density at radius 1 is 1.10 bits per heavy atom. The molecule has 0 saturated carbocycles. The molecule has 1 aliphatic rings. The van der Waals surface area contributed by atoms with Crippen molar-refractivity contribution in [2.75, 3.05) is 31.1 Å². The lowest BCUT2D eigenvalue weighted by molar-refractivity contribution is 0.0751. The summed E-state index contributed by atoms with van der Waals surface area (Å²) in [6.45, 7) is 5.48. The molecule has 1 amide bonds. The number of hydrogen-bond acceptors (Lipinski definition) is 3. The minimum Gasteiger partial charge on any atom is -0.368 e. The maximum atomic E-state index is 12.4. The SMILES string of the molecule is Cc1ccccc1N1CCN(C(=O)c2ccc(Br)s2)CC1. The zero-order valence-corrected chi connectivity index (χ0v) is 14.3. The molecule has 0 N–H and O–H groups in total. The van der Waals surface area contributed by atoms with Crippen molar-refractivity contribution in [1.29, 1.82) is 0 Å². The number of carbonyl (C=O) groups excluding carboxylic acids is 1. The van der Waals surface area contributed by atoms with E-state index in [1.54, 1.807) is 0 Å². The van der Waals surface area contributed by atoms with E-state index in [1.165, 1.54) is 22.6 Å². The molecular formula is C16H17BrN2OS. The van der Waals surface area contributed by atoms with Gasteiger partial charge in [-0.05, 0) is 46.6 Å². The Balaban J connectivity index is 1.65. The molecule has 1 aromatic carbocycles. The number of amides is 1. The Kier molecular flexibility index (Phi) is 4.31. The second-order valence-electron chi connectivity index (χ2n) is 5.17. The van der Waals surface area contributed by atoms with Gasteiger partial charge in [0.05, 0.1) is 8.66 Å². The summed E-state index contributed by atoms with van der Waals surface area (Å²) in [5, 5.41) is 0. The highest BCUT2D eigenvalue weighted by molar-refractivity contribution is 9.11. The summed E-state index contributed by atoms with van der Waals surface area (Å²) in [5.41, 5.74) is 2.57. The van der Waals surface area contributed by atoms with Gasteiger partial charge in [-0.1, -0.05) is 18.2 Å². The van der Waals surface area contributed by atoms with Crippen molar-refractivity contribution in [3.63, 3.8) is 0 Å². The Morgan fingerprint density at radius 3 is 2.43 bits per heavy atom. The monoisotopic (exact) mass is 364 g/mol. The van der Waals surface area contributed by atoms with Gasteiger partial charge in [0.15, 0.2) is 0 Å². The molecule has 0 spiro atoms. The van der Waals surface area contributed by atoms with Crippen LogP contribution in [0.4, 0.5) is 5.69 Å². The summed E-state index contributed by atoms with van der Waals surface area (Å²) in [6, 6.07) is 12.3. The van der Waals surface area contributed by atoms with Crippen LogP contribution in [0, 0.1) is 6.92 Å². The van der Waals surface area contributed by atoms with Crippen molar-refractivity contribution < 1.29 is 4.79 Å². The predicted octanol–water partition coefficient (Wildman–Crippen LogP) is 3.78. The summed E-state index contributed by atoms with van der Waals surface area (Å²) < 4.78 is 1.00. The first-order chi connectivity index (χ1) is 10.1. The zero-order valence-electron chi connectivity index (χ0n) is 11.9. The molecule has 0 radical (unpaired) electrons. The van der Waals surface area contributed by atoms with Crippen LogP contribution in [0.2, 0.25) is 0 Å².